The Morgan fingerprint density at radius 2 is 1.90 bits per heavy atom. The van der Waals surface area contributed by atoms with Crippen molar-refractivity contribution in [1.82, 2.24) is 9.55 Å². The van der Waals surface area contributed by atoms with E-state index in [1.54, 1.807) is 0 Å². The number of hydrogen-bond acceptors (Lipinski definition) is 3. The lowest BCUT2D eigenvalue weighted by molar-refractivity contribution is 0.102. The quantitative estimate of drug-likeness (QED) is 0.845. The van der Waals surface area contributed by atoms with Gasteiger partial charge in [0, 0.05) is 24.9 Å². The number of rotatable bonds is 2. The summed E-state index contributed by atoms with van der Waals surface area (Å²) in [5.41, 5.74) is -1.70. The number of H-pyrrole nitrogens is 1. The Kier molecular flexibility index (Phi) is 3.47. The van der Waals surface area contributed by atoms with E-state index in [0.29, 0.717) is 0 Å². The smallest absolute Gasteiger partial charge is 0.321 e. The molecule has 1 amide bonds. The predicted octanol–water partition coefficient (Wildman–Crippen LogP) is 0.604. The highest BCUT2D eigenvalue weighted by molar-refractivity contribution is 6.02. The third-order valence-corrected chi connectivity index (χ3v) is 2.57. The molecule has 1 aromatic heterocycles. The first-order valence-corrected chi connectivity index (χ1v) is 5.45. The molecule has 104 valence electrons. The fraction of sp³-hybridized carbons (Fsp3) is 0.0833. The Bertz CT molecular complexity index is 764. The van der Waals surface area contributed by atoms with Gasteiger partial charge in [-0.25, -0.2) is 13.6 Å². The number of carbonyl (C=O) groups is 1. The van der Waals surface area contributed by atoms with E-state index in [9.17, 15) is 23.2 Å². The van der Waals surface area contributed by atoms with Crippen LogP contribution in [0.15, 0.2) is 33.9 Å². The molecule has 8 heteroatoms. The summed E-state index contributed by atoms with van der Waals surface area (Å²) in [5, 5.41) is 2.24. The maximum atomic E-state index is 13.0. The SMILES string of the molecule is Cn1c(=O)cc(C(=O)Nc2ccc(F)c(F)c2)[nH]c1=O. The first-order chi connectivity index (χ1) is 9.38. The number of nitrogens with one attached hydrogen (secondary N) is 2. The van der Waals surface area contributed by atoms with E-state index in [4.69, 9.17) is 0 Å². The predicted molar refractivity (Wildman–Crippen MR) is 66.6 cm³/mol. The van der Waals surface area contributed by atoms with Crippen LogP contribution >= 0.6 is 0 Å². The van der Waals surface area contributed by atoms with Gasteiger partial charge in [0.2, 0.25) is 0 Å². The average Bonchev–Trinajstić information content (AvgIpc) is 2.39. The van der Waals surface area contributed by atoms with Crippen molar-refractivity contribution in [1.29, 1.82) is 0 Å². The molecule has 2 N–H and O–H groups in total. The van der Waals surface area contributed by atoms with Crippen molar-refractivity contribution in [2.75, 3.05) is 5.32 Å². The molecular formula is C12H9F2N3O3. The molecule has 1 heterocycles. The maximum absolute atomic E-state index is 13.0. The number of amides is 1. The van der Waals surface area contributed by atoms with Gasteiger partial charge in [-0.1, -0.05) is 0 Å². The summed E-state index contributed by atoms with van der Waals surface area (Å²) in [5.74, 6) is -2.99. The van der Waals surface area contributed by atoms with Crippen LogP contribution in [0.1, 0.15) is 10.5 Å². The number of anilines is 1. The number of aromatic amines is 1. The second kappa shape index (κ2) is 5.08. The van der Waals surface area contributed by atoms with Gasteiger partial charge in [0.05, 0.1) is 0 Å². The zero-order valence-corrected chi connectivity index (χ0v) is 10.2. The van der Waals surface area contributed by atoms with Gasteiger partial charge in [-0.3, -0.25) is 14.2 Å². The van der Waals surface area contributed by atoms with E-state index < -0.39 is 28.8 Å². The minimum absolute atomic E-state index is 0.00424. The molecule has 0 bridgehead atoms. The van der Waals surface area contributed by atoms with Crippen LogP contribution in [0.4, 0.5) is 14.5 Å². The van der Waals surface area contributed by atoms with E-state index in [2.05, 4.69) is 10.3 Å². The summed E-state index contributed by atoms with van der Waals surface area (Å²) in [6.07, 6.45) is 0. The first kappa shape index (κ1) is 13.7. The summed E-state index contributed by atoms with van der Waals surface area (Å²) < 4.78 is 26.5. The molecule has 0 spiro atoms. The largest absolute Gasteiger partial charge is 0.328 e. The Hall–Kier alpha value is -2.77. The van der Waals surface area contributed by atoms with Crippen molar-refractivity contribution in [3.63, 3.8) is 0 Å². The van der Waals surface area contributed by atoms with Gasteiger partial charge in [0.25, 0.3) is 11.5 Å². The summed E-state index contributed by atoms with van der Waals surface area (Å²) in [7, 11) is 1.25. The summed E-state index contributed by atoms with van der Waals surface area (Å²) in [4.78, 5) is 36.7. The molecule has 0 saturated heterocycles. The average molecular weight is 281 g/mol. The van der Waals surface area contributed by atoms with Crippen molar-refractivity contribution in [2.24, 2.45) is 7.05 Å². The summed E-state index contributed by atoms with van der Waals surface area (Å²) in [6.45, 7) is 0. The maximum Gasteiger partial charge on any atom is 0.328 e. The number of carbonyl (C=O) groups excluding carboxylic acids is 1. The monoisotopic (exact) mass is 281 g/mol. The van der Waals surface area contributed by atoms with Gasteiger partial charge < -0.3 is 10.3 Å². The van der Waals surface area contributed by atoms with Crippen LogP contribution < -0.4 is 16.6 Å². The van der Waals surface area contributed by atoms with Crippen LogP contribution in [-0.4, -0.2) is 15.5 Å². The van der Waals surface area contributed by atoms with Crippen LogP contribution in [0.25, 0.3) is 0 Å². The highest BCUT2D eigenvalue weighted by Crippen LogP contribution is 2.13. The van der Waals surface area contributed by atoms with E-state index in [0.717, 1.165) is 28.8 Å². The second-order valence-electron chi connectivity index (χ2n) is 3.97. The minimum Gasteiger partial charge on any atom is -0.321 e. The van der Waals surface area contributed by atoms with Gasteiger partial charge in [-0.05, 0) is 12.1 Å². The molecule has 0 aliphatic rings. The third-order valence-electron chi connectivity index (χ3n) is 2.57. The summed E-state index contributed by atoms with van der Waals surface area (Å²) >= 11 is 0. The molecule has 1 aromatic carbocycles. The van der Waals surface area contributed by atoms with E-state index in [-0.39, 0.29) is 11.4 Å². The Morgan fingerprint density at radius 3 is 2.50 bits per heavy atom. The highest BCUT2D eigenvalue weighted by atomic mass is 19.2. The zero-order valence-electron chi connectivity index (χ0n) is 10.2. The number of benzene rings is 1. The van der Waals surface area contributed by atoms with Crippen molar-refractivity contribution < 1.29 is 13.6 Å². The minimum atomic E-state index is -1.12. The first-order valence-electron chi connectivity index (χ1n) is 5.45. The Morgan fingerprint density at radius 1 is 1.20 bits per heavy atom. The number of halogens is 2. The van der Waals surface area contributed by atoms with E-state index >= 15 is 0 Å². The van der Waals surface area contributed by atoms with Gasteiger partial charge in [-0.15, -0.1) is 0 Å². The lowest BCUT2D eigenvalue weighted by atomic mass is 10.3. The fourth-order valence-electron chi connectivity index (χ4n) is 1.45. The molecule has 0 aliphatic heterocycles. The van der Waals surface area contributed by atoms with Crippen LogP contribution in [0.5, 0.6) is 0 Å². The van der Waals surface area contributed by atoms with Crippen molar-refractivity contribution >= 4 is 11.6 Å². The molecule has 0 saturated carbocycles. The van der Waals surface area contributed by atoms with Crippen LogP contribution in [-0.2, 0) is 7.05 Å². The van der Waals surface area contributed by atoms with Crippen LogP contribution in [0.2, 0.25) is 0 Å². The number of hydrogen-bond donors (Lipinski definition) is 2. The molecule has 2 rings (SSSR count). The molecule has 2 aromatic rings. The lowest BCUT2D eigenvalue weighted by Crippen LogP contribution is -2.34. The van der Waals surface area contributed by atoms with Crippen molar-refractivity contribution in [3.8, 4) is 0 Å². The van der Waals surface area contributed by atoms with Crippen LogP contribution in [0, 0.1) is 11.6 Å². The second-order valence-corrected chi connectivity index (χ2v) is 3.97. The lowest BCUT2D eigenvalue weighted by Gasteiger charge is -2.05. The molecule has 6 nitrogen and oxygen atoms in total. The highest BCUT2D eigenvalue weighted by Gasteiger charge is 2.11. The number of nitrogens with zero attached hydrogens (tertiary/aromatic N) is 1. The zero-order chi connectivity index (χ0) is 14.9. The van der Waals surface area contributed by atoms with Gasteiger partial charge in [0.1, 0.15) is 5.69 Å². The molecule has 20 heavy (non-hydrogen) atoms. The normalized spacial score (nSPS) is 10.3. The molecule has 0 radical (unpaired) electrons. The van der Waals surface area contributed by atoms with Gasteiger partial charge in [0.15, 0.2) is 11.6 Å². The molecule has 0 unspecified atom stereocenters. The molecular weight excluding hydrogens is 272 g/mol. The van der Waals surface area contributed by atoms with Gasteiger partial charge >= 0.3 is 5.69 Å². The van der Waals surface area contributed by atoms with E-state index in [1.165, 1.54) is 7.05 Å². The van der Waals surface area contributed by atoms with Crippen LogP contribution in [0.3, 0.4) is 0 Å². The molecule has 0 fully saturated rings. The Labute approximate surface area is 110 Å². The standard InChI is InChI=1S/C12H9F2N3O3/c1-17-10(18)5-9(16-12(17)20)11(19)15-6-2-3-7(13)8(14)4-6/h2-5H,1H3,(H,15,19)(H,16,20). The fourth-order valence-corrected chi connectivity index (χ4v) is 1.45. The van der Waals surface area contributed by atoms with Crippen molar-refractivity contribution in [3.05, 3.63) is 62.4 Å². The third kappa shape index (κ3) is 2.63. The summed E-state index contributed by atoms with van der Waals surface area (Å²) in [6, 6.07) is 3.70. The molecule has 0 atom stereocenters. The van der Waals surface area contributed by atoms with E-state index in [1.807, 2.05) is 0 Å². The van der Waals surface area contributed by atoms with Gasteiger partial charge in [-0.2, -0.15) is 0 Å². The molecule has 0 aliphatic carbocycles. The van der Waals surface area contributed by atoms with Crippen molar-refractivity contribution in [2.45, 2.75) is 0 Å². The Balaban J connectivity index is 2.31. The number of aromatic nitrogens is 2. The topological polar surface area (TPSA) is 84.0 Å².